The van der Waals surface area contributed by atoms with Gasteiger partial charge in [-0.3, -0.25) is 4.79 Å². The molecule has 1 aromatic rings. The highest BCUT2D eigenvalue weighted by Crippen LogP contribution is 2.10. The van der Waals surface area contributed by atoms with Crippen LogP contribution in [0.1, 0.15) is 29.8 Å². The summed E-state index contributed by atoms with van der Waals surface area (Å²) in [5.74, 6) is -0.562. The monoisotopic (exact) mass is 239 g/mol. The number of rotatable bonds is 4. The lowest BCUT2D eigenvalue weighted by molar-refractivity contribution is 0.0871. The van der Waals surface area contributed by atoms with E-state index in [0.29, 0.717) is 11.1 Å². The Morgan fingerprint density at radius 3 is 2.65 bits per heavy atom. The number of nitrogens with one attached hydrogen (secondary N) is 1. The molecule has 17 heavy (non-hydrogen) atoms. The highest BCUT2D eigenvalue weighted by Gasteiger charge is 2.13. The standard InChI is InChI=1S/C13H18FNO2/c1-8(2)12(16)7-15-13(17)11-5-4-10(14)6-9(11)3/h4-6,8,12,16H,7H2,1-3H3,(H,15,17). The fourth-order valence-electron chi connectivity index (χ4n) is 1.41. The number of hydrogen-bond acceptors (Lipinski definition) is 2. The molecule has 0 aromatic heterocycles. The predicted molar refractivity (Wildman–Crippen MR) is 64.3 cm³/mol. The van der Waals surface area contributed by atoms with Gasteiger partial charge in [0.2, 0.25) is 0 Å². The molecule has 0 fully saturated rings. The molecule has 0 saturated heterocycles. The van der Waals surface area contributed by atoms with E-state index in [9.17, 15) is 14.3 Å². The Morgan fingerprint density at radius 2 is 2.12 bits per heavy atom. The number of aliphatic hydroxyl groups is 1. The first-order valence-electron chi connectivity index (χ1n) is 5.64. The van der Waals surface area contributed by atoms with Gasteiger partial charge in [0.1, 0.15) is 5.82 Å². The quantitative estimate of drug-likeness (QED) is 0.842. The first kappa shape index (κ1) is 13.6. The molecule has 0 radical (unpaired) electrons. The van der Waals surface area contributed by atoms with Crippen molar-refractivity contribution in [2.45, 2.75) is 26.9 Å². The van der Waals surface area contributed by atoms with E-state index >= 15 is 0 Å². The van der Waals surface area contributed by atoms with Gasteiger partial charge in [-0.1, -0.05) is 13.8 Å². The van der Waals surface area contributed by atoms with Crippen molar-refractivity contribution in [2.24, 2.45) is 5.92 Å². The summed E-state index contributed by atoms with van der Waals surface area (Å²) in [6.45, 7) is 5.63. The largest absolute Gasteiger partial charge is 0.391 e. The molecule has 0 saturated carbocycles. The molecular weight excluding hydrogens is 221 g/mol. The van der Waals surface area contributed by atoms with E-state index in [1.165, 1.54) is 18.2 Å². The van der Waals surface area contributed by atoms with E-state index in [1.54, 1.807) is 6.92 Å². The van der Waals surface area contributed by atoms with E-state index in [1.807, 2.05) is 13.8 Å². The number of carbonyl (C=O) groups excluding carboxylic acids is 1. The summed E-state index contributed by atoms with van der Waals surface area (Å²) in [4.78, 5) is 11.8. The van der Waals surface area contributed by atoms with Crippen molar-refractivity contribution in [1.82, 2.24) is 5.32 Å². The van der Waals surface area contributed by atoms with Crippen molar-refractivity contribution in [3.05, 3.63) is 35.1 Å². The number of carbonyl (C=O) groups is 1. The lowest BCUT2D eigenvalue weighted by atomic mass is 10.1. The molecule has 1 unspecified atom stereocenters. The first-order chi connectivity index (χ1) is 7.91. The summed E-state index contributed by atoms with van der Waals surface area (Å²) in [6.07, 6.45) is -0.570. The van der Waals surface area contributed by atoms with E-state index in [0.717, 1.165) is 0 Å². The molecule has 0 spiro atoms. The molecule has 3 nitrogen and oxygen atoms in total. The first-order valence-corrected chi connectivity index (χ1v) is 5.64. The van der Waals surface area contributed by atoms with Gasteiger partial charge in [0.25, 0.3) is 5.91 Å². The summed E-state index contributed by atoms with van der Waals surface area (Å²) >= 11 is 0. The second kappa shape index (κ2) is 5.77. The Balaban J connectivity index is 2.64. The Hall–Kier alpha value is -1.42. The minimum atomic E-state index is -0.570. The molecule has 0 aliphatic carbocycles. The van der Waals surface area contributed by atoms with Gasteiger partial charge in [-0.15, -0.1) is 0 Å². The fourth-order valence-corrected chi connectivity index (χ4v) is 1.41. The smallest absolute Gasteiger partial charge is 0.251 e. The second-order valence-corrected chi connectivity index (χ2v) is 4.48. The maximum Gasteiger partial charge on any atom is 0.251 e. The average molecular weight is 239 g/mol. The van der Waals surface area contributed by atoms with Crippen LogP contribution in [0.15, 0.2) is 18.2 Å². The Bertz CT molecular complexity index is 404. The lowest BCUT2D eigenvalue weighted by Crippen LogP contribution is -2.35. The third kappa shape index (κ3) is 3.82. The van der Waals surface area contributed by atoms with Gasteiger partial charge in [-0.2, -0.15) is 0 Å². The van der Waals surface area contributed by atoms with E-state index < -0.39 is 6.10 Å². The van der Waals surface area contributed by atoms with Crippen molar-refractivity contribution >= 4 is 5.91 Å². The highest BCUT2D eigenvalue weighted by molar-refractivity contribution is 5.95. The molecular formula is C13H18FNO2. The third-order valence-corrected chi connectivity index (χ3v) is 2.67. The molecule has 1 aromatic carbocycles. The second-order valence-electron chi connectivity index (χ2n) is 4.48. The Labute approximate surface area is 101 Å². The van der Waals surface area contributed by atoms with Gasteiger partial charge in [-0.25, -0.2) is 4.39 Å². The third-order valence-electron chi connectivity index (χ3n) is 2.67. The molecule has 1 amide bonds. The number of hydrogen-bond donors (Lipinski definition) is 2. The van der Waals surface area contributed by atoms with Gasteiger partial charge in [0, 0.05) is 12.1 Å². The van der Waals surface area contributed by atoms with E-state index in [4.69, 9.17) is 0 Å². The van der Waals surface area contributed by atoms with Gasteiger partial charge in [0.15, 0.2) is 0 Å². The van der Waals surface area contributed by atoms with Crippen LogP contribution in [0.4, 0.5) is 4.39 Å². The van der Waals surface area contributed by atoms with Crippen LogP contribution in [-0.2, 0) is 0 Å². The number of aliphatic hydroxyl groups excluding tert-OH is 1. The molecule has 0 aliphatic rings. The van der Waals surface area contributed by atoms with Crippen LogP contribution in [-0.4, -0.2) is 23.7 Å². The van der Waals surface area contributed by atoms with Crippen molar-refractivity contribution < 1.29 is 14.3 Å². The van der Waals surface area contributed by atoms with Crippen molar-refractivity contribution in [2.75, 3.05) is 6.54 Å². The fraction of sp³-hybridized carbons (Fsp3) is 0.462. The molecule has 0 bridgehead atoms. The Morgan fingerprint density at radius 1 is 1.47 bits per heavy atom. The summed E-state index contributed by atoms with van der Waals surface area (Å²) in [7, 11) is 0. The molecule has 1 rings (SSSR count). The van der Waals surface area contributed by atoms with Crippen LogP contribution in [0.3, 0.4) is 0 Å². The summed E-state index contributed by atoms with van der Waals surface area (Å²) in [5, 5.41) is 12.2. The van der Waals surface area contributed by atoms with Crippen LogP contribution in [0, 0.1) is 18.7 Å². The van der Waals surface area contributed by atoms with Crippen molar-refractivity contribution in [3.8, 4) is 0 Å². The minimum absolute atomic E-state index is 0.0876. The predicted octanol–water partition coefficient (Wildman–Crippen LogP) is 1.88. The molecule has 0 aliphatic heterocycles. The molecule has 94 valence electrons. The van der Waals surface area contributed by atoms with Crippen LogP contribution < -0.4 is 5.32 Å². The zero-order chi connectivity index (χ0) is 13.0. The summed E-state index contributed by atoms with van der Waals surface area (Å²) in [6, 6.07) is 4.01. The SMILES string of the molecule is Cc1cc(F)ccc1C(=O)NCC(O)C(C)C. The van der Waals surface area contributed by atoms with Crippen LogP contribution in [0.2, 0.25) is 0 Å². The molecule has 4 heteroatoms. The van der Waals surface area contributed by atoms with E-state index in [-0.39, 0.29) is 24.2 Å². The van der Waals surface area contributed by atoms with Gasteiger partial charge in [0.05, 0.1) is 6.10 Å². The van der Waals surface area contributed by atoms with Crippen molar-refractivity contribution in [1.29, 1.82) is 0 Å². The lowest BCUT2D eigenvalue weighted by Gasteiger charge is -2.15. The van der Waals surface area contributed by atoms with Crippen LogP contribution in [0.5, 0.6) is 0 Å². The minimum Gasteiger partial charge on any atom is -0.391 e. The molecule has 1 atom stereocenters. The van der Waals surface area contributed by atoms with Gasteiger partial charge in [-0.05, 0) is 36.6 Å². The maximum absolute atomic E-state index is 12.9. The number of benzene rings is 1. The average Bonchev–Trinajstić information content (AvgIpc) is 2.25. The summed E-state index contributed by atoms with van der Waals surface area (Å²) in [5.41, 5.74) is 1.02. The van der Waals surface area contributed by atoms with Gasteiger partial charge >= 0.3 is 0 Å². The van der Waals surface area contributed by atoms with Gasteiger partial charge < -0.3 is 10.4 Å². The number of halogens is 1. The molecule has 2 N–H and O–H groups in total. The Kier molecular flexibility index (Phi) is 4.63. The highest BCUT2D eigenvalue weighted by atomic mass is 19.1. The topological polar surface area (TPSA) is 49.3 Å². The maximum atomic E-state index is 12.9. The number of amides is 1. The van der Waals surface area contributed by atoms with E-state index in [2.05, 4.69) is 5.32 Å². The number of aryl methyl sites for hydroxylation is 1. The zero-order valence-corrected chi connectivity index (χ0v) is 10.3. The van der Waals surface area contributed by atoms with Crippen LogP contribution in [0.25, 0.3) is 0 Å². The summed E-state index contributed by atoms with van der Waals surface area (Å²) < 4.78 is 12.9. The normalized spacial score (nSPS) is 12.6. The van der Waals surface area contributed by atoms with Crippen LogP contribution >= 0.6 is 0 Å². The molecule has 0 heterocycles. The zero-order valence-electron chi connectivity index (χ0n) is 10.3. The van der Waals surface area contributed by atoms with Crippen molar-refractivity contribution in [3.63, 3.8) is 0 Å².